The van der Waals surface area contributed by atoms with Gasteiger partial charge in [0, 0.05) is 44.7 Å². The lowest BCUT2D eigenvalue weighted by atomic mass is 9.91. The number of amides is 1. The third-order valence-electron chi connectivity index (χ3n) is 7.21. The Morgan fingerprint density at radius 3 is 2.66 bits per heavy atom. The second-order valence-corrected chi connectivity index (χ2v) is 10.5. The van der Waals surface area contributed by atoms with Gasteiger partial charge in [0.2, 0.25) is 0 Å². The molecule has 1 amide bonds. The van der Waals surface area contributed by atoms with E-state index in [1.54, 1.807) is 18.8 Å². The molecule has 2 aliphatic heterocycles. The molecule has 3 aromatic rings. The predicted molar refractivity (Wildman–Crippen MR) is 141 cm³/mol. The highest BCUT2D eigenvalue weighted by molar-refractivity contribution is 6.34. The summed E-state index contributed by atoms with van der Waals surface area (Å²) in [6.45, 7) is 2.31. The van der Waals surface area contributed by atoms with Crippen LogP contribution in [0.3, 0.4) is 0 Å². The van der Waals surface area contributed by atoms with Gasteiger partial charge in [-0.25, -0.2) is 4.39 Å². The van der Waals surface area contributed by atoms with Crippen molar-refractivity contribution in [3.05, 3.63) is 56.2 Å². The van der Waals surface area contributed by atoms with E-state index in [1.165, 1.54) is 18.9 Å². The number of hydrogen-bond acceptors (Lipinski definition) is 8. The molecule has 2 aromatic heterocycles. The number of ether oxygens (including phenoxy) is 2. The van der Waals surface area contributed by atoms with Crippen LogP contribution in [0.2, 0.25) is 5.02 Å². The molecule has 4 heterocycles. The van der Waals surface area contributed by atoms with E-state index in [9.17, 15) is 18.0 Å². The molecular formula is C26H28ClF4N7O3. The van der Waals surface area contributed by atoms with E-state index in [0.717, 1.165) is 6.07 Å². The SMILES string of the molecule is COc1nc2c(c(N3CCCn4nc(C(=O)N(C)C)c(Cl)c4C3)n1)COC(c1c(F)c(N)cc(C)c1C(F)(F)F)C2. The second kappa shape index (κ2) is 10.6. The zero-order valence-corrected chi connectivity index (χ0v) is 23.5. The number of nitrogen functional groups attached to an aromatic ring is 1. The monoisotopic (exact) mass is 597 g/mol. The zero-order chi connectivity index (χ0) is 29.8. The van der Waals surface area contributed by atoms with Gasteiger partial charge in [0.15, 0.2) is 11.5 Å². The summed E-state index contributed by atoms with van der Waals surface area (Å²) in [5.41, 5.74) is 5.00. The van der Waals surface area contributed by atoms with Gasteiger partial charge in [-0.2, -0.15) is 28.2 Å². The van der Waals surface area contributed by atoms with Crippen LogP contribution in [0.25, 0.3) is 0 Å². The average molecular weight is 598 g/mol. The molecule has 2 N–H and O–H groups in total. The third kappa shape index (κ3) is 5.14. The summed E-state index contributed by atoms with van der Waals surface area (Å²) in [6, 6.07) is 0.959. The summed E-state index contributed by atoms with van der Waals surface area (Å²) >= 11 is 6.61. The first-order valence-corrected chi connectivity index (χ1v) is 13.1. The zero-order valence-electron chi connectivity index (χ0n) is 22.8. The molecule has 220 valence electrons. The lowest BCUT2D eigenvalue weighted by Gasteiger charge is -2.32. The van der Waals surface area contributed by atoms with Crippen LogP contribution >= 0.6 is 11.6 Å². The van der Waals surface area contributed by atoms with E-state index in [2.05, 4.69) is 15.1 Å². The number of anilines is 2. The van der Waals surface area contributed by atoms with Gasteiger partial charge in [-0.1, -0.05) is 11.6 Å². The highest BCUT2D eigenvalue weighted by Gasteiger charge is 2.41. The van der Waals surface area contributed by atoms with Crippen LogP contribution in [-0.2, 0) is 37.0 Å². The van der Waals surface area contributed by atoms with Crippen molar-refractivity contribution < 1.29 is 31.8 Å². The maximum Gasteiger partial charge on any atom is 0.417 e. The van der Waals surface area contributed by atoms with Gasteiger partial charge in [-0.05, 0) is 25.0 Å². The van der Waals surface area contributed by atoms with Crippen molar-refractivity contribution in [1.82, 2.24) is 24.6 Å². The summed E-state index contributed by atoms with van der Waals surface area (Å²) < 4.78 is 70.1. The molecule has 0 radical (unpaired) electrons. The highest BCUT2D eigenvalue weighted by Crippen LogP contribution is 2.44. The number of carbonyl (C=O) groups excluding carboxylic acids is 1. The van der Waals surface area contributed by atoms with Gasteiger partial charge >= 0.3 is 12.2 Å². The van der Waals surface area contributed by atoms with Crippen molar-refractivity contribution >= 4 is 29.0 Å². The molecule has 41 heavy (non-hydrogen) atoms. The van der Waals surface area contributed by atoms with Gasteiger partial charge in [-0.3, -0.25) is 9.48 Å². The van der Waals surface area contributed by atoms with Gasteiger partial charge < -0.3 is 25.0 Å². The molecule has 1 unspecified atom stereocenters. The topological polar surface area (TPSA) is 112 Å². The quantitative estimate of drug-likeness (QED) is 0.350. The van der Waals surface area contributed by atoms with Crippen molar-refractivity contribution in [3.8, 4) is 6.01 Å². The van der Waals surface area contributed by atoms with Gasteiger partial charge in [0.25, 0.3) is 5.91 Å². The predicted octanol–water partition coefficient (Wildman–Crippen LogP) is 4.31. The van der Waals surface area contributed by atoms with Crippen LogP contribution in [0.15, 0.2) is 6.07 Å². The molecule has 0 bridgehead atoms. The number of methoxy groups -OCH3 is 1. The summed E-state index contributed by atoms with van der Waals surface area (Å²) in [7, 11) is 4.59. The highest BCUT2D eigenvalue weighted by atomic mass is 35.5. The second-order valence-electron chi connectivity index (χ2n) is 10.2. The van der Waals surface area contributed by atoms with Crippen molar-refractivity contribution in [1.29, 1.82) is 0 Å². The number of aryl methyl sites for hydroxylation is 2. The molecule has 0 aliphatic carbocycles. The van der Waals surface area contributed by atoms with E-state index in [0.29, 0.717) is 42.3 Å². The molecule has 2 aliphatic rings. The van der Waals surface area contributed by atoms with Crippen LogP contribution in [0.5, 0.6) is 6.01 Å². The van der Waals surface area contributed by atoms with Crippen molar-refractivity contribution in [2.24, 2.45) is 0 Å². The first-order valence-electron chi connectivity index (χ1n) is 12.7. The lowest BCUT2D eigenvalue weighted by molar-refractivity contribution is -0.140. The van der Waals surface area contributed by atoms with E-state index < -0.39 is 34.9 Å². The standard InChI is InChI=1S/C26H28ClF4N7O3/c1-12-8-14(32)21(28)18(19(12)26(29,30)31)17-9-15-13(11-41-17)23(34-25(33-15)40-4)37-6-5-7-38-16(10-37)20(27)22(35-38)24(39)36(2)3/h8,17H,5-7,9-11,32H2,1-4H3. The molecule has 0 fully saturated rings. The smallest absolute Gasteiger partial charge is 0.417 e. The fourth-order valence-electron chi connectivity index (χ4n) is 5.30. The molecule has 5 rings (SSSR count). The third-order valence-corrected chi connectivity index (χ3v) is 7.61. The van der Waals surface area contributed by atoms with E-state index in [1.807, 2.05) is 4.90 Å². The first-order chi connectivity index (χ1) is 19.3. The van der Waals surface area contributed by atoms with Crippen LogP contribution in [-0.4, -0.2) is 58.3 Å². The first kappa shape index (κ1) is 28.9. The van der Waals surface area contributed by atoms with Gasteiger partial charge in [0.1, 0.15) is 5.82 Å². The Kier molecular flexibility index (Phi) is 7.49. The fraction of sp³-hybridized carbons (Fsp3) is 0.462. The Morgan fingerprint density at radius 1 is 1.27 bits per heavy atom. The van der Waals surface area contributed by atoms with Crippen LogP contribution < -0.4 is 15.4 Å². The summed E-state index contributed by atoms with van der Waals surface area (Å²) in [5.74, 6) is -1.06. The molecule has 0 saturated carbocycles. The molecule has 1 aromatic carbocycles. The molecule has 10 nitrogen and oxygen atoms in total. The van der Waals surface area contributed by atoms with Gasteiger partial charge in [-0.15, -0.1) is 0 Å². The molecular weight excluding hydrogens is 570 g/mol. The Labute approximate surface area is 238 Å². The lowest BCUT2D eigenvalue weighted by Crippen LogP contribution is -2.29. The minimum atomic E-state index is -4.83. The summed E-state index contributed by atoms with van der Waals surface area (Å²) in [5, 5.41) is 4.65. The van der Waals surface area contributed by atoms with Gasteiger partial charge in [0.05, 0.1) is 54.0 Å². The minimum absolute atomic E-state index is 0.00741. The number of alkyl halides is 3. The van der Waals surface area contributed by atoms with Crippen LogP contribution in [0.4, 0.5) is 29.1 Å². The molecule has 0 spiro atoms. The number of carbonyl (C=O) groups is 1. The number of aromatic nitrogens is 4. The molecule has 15 heteroatoms. The normalized spacial score (nSPS) is 17.1. The fourth-order valence-corrected chi connectivity index (χ4v) is 5.58. The average Bonchev–Trinajstić information content (AvgIpc) is 3.07. The number of benzene rings is 1. The number of halogens is 5. The van der Waals surface area contributed by atoms with Crippen molar-refractivity contribution in [2.45, 2.75) is 51.7 Å². The Balaban J connectivity index is 1.55. The van der Waals surface area contributed by atoms with Crippen molar-refractivity contribution in [2.75, 3.05) is 38.4 Å². The summed E-state index contributed by atoms with van der Waals surface area (Å²) in [6.07, 6.45) is -5.66. The van der Waals surface area contributed by atoms with Crippen LogP contribution in [0.1, 0.15) is 56.7 Å². The van der Waals surface area contributed by atoms with E-state index >= 15 is 4.39 Å². The Morgan fingerprint density at radius 2 is 2.00 bits per heavy atom. The number of nitrogens with two attached hydrogens (primary N) is 1. The maximum atomic E-state index is 15.2. The number of fused-ring (bicyclic) bond motifs is 2. The number of hydrogen-bond donors (Lipinski definition) is 1. The van der Waals surface area contributed by atoms with E-state index in [-0.39, 0.29) is 47.8 Å². The molecule has 0 saturated heterocycles. The minimum Gasteiger partial charge on any atom is -0.467 e. The Hall–Kier alpha value is -3.65. The Bertz CT molecular complexity index is 1530. The molecule has 1 atom stereocenters. The maximum absolute atomic E-state index is 15.2. The largest absolute Gasteiger partial charge is 0.467 e. The summed E-state index contributed by atoms with van der Waals surface area (Å²) in [4.78, 5) is 24.8. The number of nitrogens with zero attached hydrogens (tertiary/aromatic N) is 6. The van der Waals surface area contributed by atoms with Crippen LogP contribution in [0, 0.1) is 12.7 Å². The van der Waals surface area contributed by atoms with E-state index in [4.69, 9.17) is 26.8 Å². The number of rotatable bonds is 4. The van der Waals surface area contributed by atoms with Crippen molar-refractivity contribution in [3.63, 3.8) is 0 Å².